The standard InChI is InChI=1S/C17H34N4O.HI/c1-5-18-17(19-12-16(20(2)3)15-8-9-15)21(4)10-11-22-13-14-6-7-14;/h14-16H,5-13H2,1-4H3,(H,18,19);1H. The Morgan fingerprint density at radius 1 is 1.22 bits per heavy atom. The lowest BCUT2D eigenvalue weighted by Gasteiger charge is -2.25. The molecule has 136 valence electrons. The molecule has 1 N–H and O–H groups in total. The van der Waals surface area contributed by atoms with Crippen LogP contribution in [0.2, 0.25) is 0 Å². The quantitative estimate of drug-likeness (QED) is 0.246. The number of halogens is 1. The summed E-state index contributed by atoms with van der Waals surface area (Å²) in [5.41, 5.74) is 0. The SMILES string of the molecule is CCNC(=NCC(C1CC1)N(C)C)N(C)CCOCC1CC1.I. The van der Waals surface area contributed by atoms with Gasteiger partial charge in [0.15, 0.2) is 5.96 Å². The van der Waals surface area contributed by atoms with Crippen molar-refractivity contribution < 1.29 is 4.74 Å². The van der Waals surface area contributed by atoms with Gasteiger partial charge in [-0.05, 0) is 58.5 Å². The molecule has 2 aliphatic rings. The number of guanidine groups is 1. The first-order valence-electron chi connectivity index (χ1n) is 8.85. The number of hydrogen-bond donors (Lipinski definition) is 1. The molecule has 0 saturated heterocycles. The lowest BCUT2D eigenvalue weighted by Crippen LogP contribution is -2.42. The topological polar surface area (TPSA) is 40.1 Å². The van der Waals surface area contributed by atoms with Crippen molar-refractivity contribution in [2.75, 3.05) is 54.0 Å². The minimum absolute atomic E-state index is 0. The summed E-state index contributed by atoms with van der Waals surface area (Å²) in [6.45, 7) is 6.53. The Morgan fingerprint density at radius 2 is 1.91 bits per heavy atom. The van der Waals surface area contributed by atoms with E-state index in [1.54, 1.807) is 0 Å². The molecule has 5 nitrogen and oxygen atoms in total. The first-order valence-corrected chi connectivity index (χ1v) is 8.85. The molecule has 0 aromatic carbocycles. The van der Waals surface area contributed by atoms with Crippen LogP contribution >= 0.6 is 24.0 Å². The first kappa shape index (κ1) is 21.0. The third kappa shape index (κ3) is 8.03. The van der Waals surface area contributed by atoms with Gasteiger partial charge in [0.2, 0.25) is 0 Å². The average molecular weight is 438 g/mol. The van der Waals surface area contributed by atoms with E-state index in [-0.39, 0.29) is 24.0 Å². The highest BCUT2D eigenvalue weighted by molar-refractivity contribution is 14.0. The fourth-order valence-corrected chi connectivity index (χ4v) is 2.71. The molecule has 0 bridgehead atoms. The average Bonchev–Trinajstić information content (AvgIpc) is 3.35. The van der Waals surface area contributed by atoms with Gasteiger partial charge >= 0.3 is 0 Å². The number of rotatable bonds is 10. The predicted octanol–water partition coefficient (Wildman–Crippen LogP) is 2.27. The summed E-state index contributed by atoms with van der Waals surface area (Å²) in [6.07, 6.45) is 5.43. The zero-order valence-corrected chi connectivity index (χ0v) is 17.6. The number of nitrogens with zero attached hydrogens (tertiary/aromatic N) is 3. The molecule has 0 aromatic heterocycles. The summed E-state index contributed by atoms with van der Waals surface area (Å²) in [5.74, 6) is 2.69. The van der Waals surface area contributed by atoms with Gasteiger partial charge in [-0.15, -0.1) is 24.0 Å². The van der Waals surface area contributed by atoms with Crippen molar-refractivity contribution in [2.45, 2.75) is 38.6 Å². The van der Waals surface area contributed by atoms with E-state index in [1.165, 1.54) is 25.7 Å². The van der Waals surface area contributed by atoms with E-state index < -0.39 is 0 Å². The molecule has 0 aliphatic heterocycles. The van der Waals surface area contributed by atoms with Gasteiger partial charge in [0.1, 0.15) is 0 Å². The first-order chi connectivity index (χ1) is 10.6. The van der Waals surface area contributed by atoms with Crippen molar-refractivity contribution in [3.8, 4) is 0 Å². The molecule has 2 aliphatic carbocycles. The minimum Gasteiger partial charge on any atom is -0.379 e. The molecule has 2 rings (SSSR count). The Hall–Kier alpha value is -0.0800. The number of ether oxygens (including phenoxy) is 1. The van der Waals surface area contributed by atoms with Crippen LogP contribution in [0.5, 0.6) is 0 Å². The van der Waals surface area contributed by atoms with Crippen LogP contribution < -0.4 is 5.32 Å². The second-order valence-corrected chi connectivity index (χ2v) is 7.00. The van der Waals surface area contributed by atoms with Crippen molar-refractivity contribution in [1.29, 1.82) is 0 Å². The van der Waals surface area contributed by atoms with E-state index >= 15 is 0 Å². The molecule has 1 unspecified atom stereocenters. The summed E-state index contributed by atoms with van der Waals surface area (Å²) in [6, 6.07) is 0.577. The second-order valence-electron chi connectivity index (χ2n) is 7.00. The number of likely N-dealkylation sites (N-methyl/N-ethyl adjacent to an activating group) is 2. The van der Waals surface area contributed by atoms with Crippen LogP contribution in [0, 0.1) is 11.8 Å². The minimum atomic E-state index is 0. The molecule has 2 fully saturated rings. The van der Waals surface area contributed by atoms with Crippen molar-refractivity contribution >= 4 is 29.9 Å². The summed E-state index contributed by atoms with van der Waals surface area (Å²) in [4.78, 5) is 9.37. The highest BCUT2D eigenvalue weighted by atomic mass is 127. The third-order valence-electron chi connectivity index (χ3n) is 4.58. The maximum absolute atomic E-state index is 5.74. The van der Waals surface area contributed by atoms with Crippen LogP contribution in [0.15, 0.2) is 4.99 Å². The van der Waals surface area contributed by atoms with Gasteiger partial charge in [0.05, 0.1) is 13.2 Å². The number of aliphatic imine (C=N–C) groups is 1. The van der Waals surface area contributed by atoms with E-state index in [4.69, 9.17) is 9.73 Å². The normalized spacial score (nSPS) is 19.4. The van der Waals surface area contributed by atoms with Gasteiger partial charge in [0, 0.05) is 32.8 Å². The lowest BCUT2D eigenvalue weighted by atomic mass is 10.2. The van der Waals surface area contributed by atoms with Crippen LogP contribution in [-0.4, -0.2) is 75.8 Å². The second kappa shape index (κ2) is 10.7. The van der Waals surface area contributed by atoms with Gasteiger partial charge in [0.25, 0.3) is 0 Å². The molecule has 0 spiro atoms. The molecule has 0 radical (unpaired) electrons. The van der Waals surface area contributed by atoms with Crippen LogP contribution in [0.3, 0.4) is 0 Å². The number of hydrogen-bond acceptors (Lipinski definition) is 3. The molecule has 0 aromatic rings. The number of nitrogens with one attached hydrogen (secondary N) is 1. The van der Waals surface area contributed by atoms with Gasteiger partial charge in [-0.2, -0.15) is 0 Å². The maximum atomic E-state index is 5.74. The Kier molecular flexibility index (Phi) is 9.77. The van der Waals surface area contributed by atoms with E-state index in [0.717, 1.165) is 50.6 Å². The van der Waals surface area contributed by atoms with E-state index in [0.29, 0.717) is 6.04 Å². The highest BCUT2D eigenvalue weighted by Crippen LogP contribution is 2.34. The lowest BCUT2D eigenvalue weighted by molar-refractivity contribution is 0.115. The third-order valence-corrected chi connectivity index (χ3v) is 4.58. The van der Waals surface area contributed by atoms with E-state index in [2.05, 4.69) is 43.2 Å². The molecule has 6 heteroatoms. The monoisotopic (exact) mass is 438 g/mol. The molecule has 0 heterocycles. The zero-order chi connectivity index (χ0) is 15.9. The van der Waals surface area contributed by atoms with Crippen molar-refractivity contribution in [2.24, 2.45) is 16.8 Å². The van der Waals surface area contributed by atoms with Gasteiger partial charge < -0.3 is 19.9 Å². The predicted molar refractivity (Wildman–Crippen MR) is 108 cm³/mol. The summed E-state index contributed by atoms with van der Waals surface area (Å²) < 4.78 is 5.74. The molecular formula is C17H35IN4O. The van der Waals surface area contributed by atoms with Crippen LogP contribution in [-0.2, 0) is 4.74 Å². The Labute approximate surface area is 159 Å². The summed E-state index contributed by atoms with van der Waals surface area (Å²) >= 11 is 0. The molecular weight excluding hydrogens is 403 g/mol. The maximum Gasteiger partial charge on any atom is 0.193 e. The summed E-state index contributed by atoms with van der Waals surface area (Å²) in [5, 5.41) is 3.40. The highest BCUT2D eigenvalue weighted by Gasteiger charge is 2.32. The van der Waals surface area contributed by atoms with Crippen molar-refractivity contribution in [3.63, 3.8) is 0 Å². The molecule has 23 heavy (non-hydrogen) atoms. The molecule has 1 atom stereocenters. The van der Waals surface area contributed by atoms with Gasteiger partial charge in [-0.3, -0.25) is 4.99 Å². The largest absolute Gasteiger partial charge is 0.379 e. The van der Waals surface area contributed by atoms with Crippen LogP contribution in [0.1, 0.15) is 32.6 Å². The summed E-state index contributed by atoms with van der Waals surface area (Å²) in [7, 11) is 6.44. The van der Waals surface area contributed by atoms with Crippen LogP contribution in [0.4, 0.5) is 0 Å². The smallest absolute Gasteiger partial charge is 0.193 e. The Bertz CT molecular complexity index is 355. The van der Waals surface area contributed by atoms with Gasteiger partial charge in [-0.1, -0.05) is 0 Å². The van der Waals surface area contributed by atoms with Crippen molar-refractivity contribution in [3.05, 3.63) is 0 Å². The van der Waals surface area contributed by atoms with Crippen LogP contribution in [0.25, 0.3) is 0 Å². The Morgan fingerprint density at radius 3 is 2.43 bits per heavy atom. The zero-order valence-electron chi connectivity index (χ0n) is 15.3. The fraction of sp³-hybridized carbons (Fsp3) is 0.941. The molecule has 0 amide bonds. The van der Waals surface area contributed by atoms with E-state index in [1.807, 2.05) is 0 Å². The van der Waals surface area contributed by atoms with Gasteiger partial charge in [-0.25, -0.2) is 0 Å². The van der Waals surface area contributed by atoms with Crippen molar-refractivity contribution in [1.82, 2.24) is 15.1 Å². The van der Waals surface area contributed by atoms with E-state index in [9.17, 15) is 0 Å². The Balaban J connectivity index is 0.00000264. The molecule has 2 saturated carbocycles. The fourth-order valence-electron chi connectivity index (χ4n) is 2.71.